The highest BCUT2D eigenvalue weighted by Gasteiger charge is 2.60. The maximum Gasteiger partial charge on any atom is 0.319 e. The molecule has 0 unspecified atom stereocenters. The Kier molecular flexibility index (Phi) is 4.52. The molecule has 3 nitrogen and oxygen atoms in total. The highest BCUT2D eigenvalue weighted by Crippen LogP contribution is 2.52. The first-order chi connectivity index (χ1) is 13.4. The van der Waals surface area contributed by atoms with E-state index in [0.29, 0.717) is 5.56 Å². The Hall–Kier alpha value is -2.98. The van der Waals surface area contributed by atoms with Gasteiger partial charge in [-0.05, 0) is 41.3 Å². The van der Waals surface area contributed by atoms with Crippen molar-refractivity contribution in [1.29, 1.82) is 0 Å². The van der Waals surface area contributed by atoms with Crippen molar-refractivity contribution in [2.24, 2.45) is 0 Å². The van der Waals surface area contributed by atoms with Crippen molar-refractivity contribution in [2.75, 3.05) is 0 Å². The SMILES string of the molecule is C[C@@]1(C(=O)OCc2ccccc2)c2ccccc2C[C@@]1(O)c1ccc(F)cc1. The number of hydrogen-bond donors (Lipinski definition) is 1. The Balaban J connectivity index is 1.74. The smallest absolute Gasteiger partial charge is 0.319 e. The quantitative estimate of drug-likeness (QED) is 0.692. The summed E-state index contributed by atoms with van der Waals surface area (Å²) in [7, 11) is 0. The molecule has 28 heavy (non-hydrogen) atoms. The molecule has 2 atom stereocenters. The molecule has 3 aromatic rings. The third-order valence-corrected chi connectivity index (χ3v) is 5.77. The van der Waals surface area contributed by atoms with Gasteiger partial charge < -0.3 is 9.84 Å². The van der Waals surface area contributed by atoms with E-state index in [9.17, 15) is 14.3 Å². The van der Waals surface area contributed by atoms with Crippen LogP contribution in [0.25, 0.3) is 0 Å². The van der Waals surface area contributed by atoms with Gasteiger partial charge in [0.05, 0.1) is 0 Å². The van der Waals surface area contributed by atoms with Gasteiger partial charge in [0, 0.05) is 6.42 Å². The average Bonchev–Trinajstić information content (AvgIpc) is 2.96. The molecule has 4 rings (SSSR count). The number of esters is 1. The third kappa shape index (κ3) is 2.81. The second-order valence-corrected chi connectivity index (χ2v) is 7.39. The average molecular weight is 376 g/mol. The van der Waals surface area contributed by atoms with Crippen molar-refractivity contribution in [3.05, 3.63) is 107 Å². The lowest BCUT2D eigenvalue weighted by atomic mass is 9.69. The summed E-state index contributed by atoms with van der Waals surface area (Å²) in [6.45, 7) is 1.83. The van der Waals surface area contributed by atoms with Gasteiger partial charge >= 0.3 is 5.97 Å². The number of halogens is 1. The van der Waals surface area contributed by atoms with Gasteiger partial charge in [0.15, 0.2) is 0 Å². The summed E-state index contributed by atoms with van der Waals surface area (Å²) >= 11 is 0. The number of fused-ring (bicyclic) bond motifs is 1. The first-order valence-electron chi connectivity index (χ1n) is 9.23. The van der Waals surface area contributed by atoms with E-state index >= 15 is 0 Å². The van der Waals surface area contributed by atoms with Crippen molar-refractivity contribution >= 4 is 5.97 Å². The Morgan fingerprint density at radius 2 is 1.64 bits per heavy atom. The number of benzene rings is 3. The molecule has 0 aromatic heterocycles. The first-order valence-corrected chi connectivity index (χ1v) is 9.23. The Morgan fingerprint density at radius 3 is 2.36 bits per heavy atom. The molecule has 4 heteroatoms. The van der Waals surface area contributed by atoms with E-state index in [1.165, 1.54) is 24.3 Å². The van der Waals surface area contributed by atoms with Gasteiger partial charge in [-0.2, -0.15) is 0 Å². The highest BCUT2D eigenvalue weighted by atomic mass is 19.1. The van der Waals surface area contributed by atoms with Crippen LogP contribution in [0.5, 0.6) is 0 Å². The van der Waals surface area contributed by atoms with Crippen LogP contribution in [0.2, 0.25) is 0 Å². The summed E-state index contributed by atoms with van der Waals surface area (Å²) in [5, 5.41) is 11.7. The molecule has 142 valence electrons. The van der Waals surface area contributed by atoms with Crippen LogP contribution in [0, 0.1) is 5.82 Å². The van der Waals surface area contributed by atoms with Crippen molar-refractivity contribution in [3.8, 4) is 0 Å². The fourth-order valence-corrected chi connectivity index (χ4v) is 4.10. The molecule has 0 saturated heterocycles. The number of carbonyl (C=O) groups excluding carboxylic acids is 1. The van der Waals surface area contributed by atoms with Crippen LogP contribution in [-0.4, -0.2) is 11.1 Å². The lowest BCUT2D eigenvalue weighted by Gasteiger charge is -2.38. The Morgan fingerprint density at radius 1 is 1.00 bits per heavy atom. The van der Waals surface area contributed by atoms with Crippen LogP contribution >= 0.6 is 0 Å². The predicted molar refractivity (Wildman–Crippen MR) is 104 cm³/mol. The molecule has 0 amide bonds. The van der Waals surface area contributed by atoms with E-state index in [-0.39, 0.29) is 13.0 Å². The van der Waals surface area contributed by atoms with Crippen molar-refractivity contribution in [1.82, 2.24) is 0 Å². The zero-order valence-corrected chi connectivity index (χ0v) is 15.6. The van der Waals surface area contributed by atoms with E-state index in [0.717, 1.165) is 16.7 Å². The van der Waals surface area contributed by atoms with Crippen LogP contribution in [0.3, 0.4) is 0 Å². The van der Waals surface area contributed by atoms with Gasteiger partial charge in [-0.25, -0.2) is 4.39 Å². The van der Waals surface area contributed by atoms with Crippen molar-refractivity contribution in [3.63, 3.8) is 0 Å². The molecule has 0 aliphatic heterocycles. The fraction of sp³-hybridized carbons (Fsp3) is 0.208. The van der Waals surface area contributed by atoms with Gasteiger partial charge in [-0.1, -0.05) is 66.7 Å². The number of carbonyl (C=O) groups is 1. The van der Waals surface area contributed by atoms with Gasteiger partial charge in [0.25, 0.3) is 0 Å². The Labute approximate surface area is 163 Å². The summed E-state index contributed by atoms with van der Waals surface area (Å²) in [4.78, 5) is 13.3. The summed E-state index contributed by atoms with van der Waals surface area (Å²) in [6, 6.07) is 22.5. The molecular formula is C24H21FO3. The molecule has 0 radical (unpaired) electrons. The van der Waals surface area contributed by atoms with E-state index in [2.05, 4.69) is 0 Å². The van der Waals surface area contributed by atoms with E-state index in [4.69, 9.17) is 4.74 Å². The molecule has 0 heterocycles. The third-order valence-electron chi connectivity index (χ3n) is 5.77. The molecule has 1 aliphatic rings. The summed E-state index contributed by atoms with van der Waals surface area (Å²) in [5.41, 5.74) is 0.141. The molecular weight excluding hydrogens is 355 g/mol. The Bertz CT molecular complexity index is 1000. The van der Waals surface area contributed by atoms with Crippen LogP contribution in [0.1, 0.15) is 29.2 Å². The number of rotatable bonds is 4. The van der Waals surface area contributed by atoms with Crippen LogP contribution in [-0.2, 0) is 33.6 Å². The van der Waals surface area contributed by atoms with Gasteiger partial charge in [0.2, 0.25) is 0 Å². The molecule has 0 bridgehead atoms. The molecule has 0 saturated carbocycles. The number of ether oxygens (including phenoxy) is 1. The topological polar surface area (TPSA) is 46.5 Å². The normalized spacial score (nSPS) is 23.2. The fourth-order valence-electron chi connectivity index (χ4n) is 4.10. The lowest BCUT2D eigenvalue weighted by Crippen LogP contribution is -2.50. The van der Waals surface area contributed by atoms with Crippen LogP contribution < -0.4 is 0 Å². The molecule has 1 N–H and O–H groups in total. The van der Waals surface area contributed by atoms with Crippen LogP contribution in [0.15, 0.2) is 78.9 Å². The first kappa shape index (κ1) is 18.4. The number of hydrogen-bond acceptors (Lipinski definition) is 3. The summed E-state index contributed by atoms with van der Waals surface area (Å²) in [5.74, 6) is -0.899. The van der Waals surface area contributed by atoms with E-state index in [1.54, 1.807) is 6.92 Å². The highest BCUT2D eigenvalue weighted by molar-refractivity contribution is 5.87. The van der Waals surface area contributed by atoms with E-state index in [1.807, 2.05) is 54.6 Å². The lowest BCUT2D eigenvalue weighted by molar-refractivity contribution is -0.163. The minimum absolute atomic E-state index is 0.122. The van der Waals surface area contributed by atoms with E-state index < -0.39 is 22.8 Å². The minimum atomic E-state index is -1.53. The molecule has 0 fully saturated rings. The molecule has 1 aliphatic carbocycles. The maximum atomic E-state index is 13.4. The van der Waals surface area contributed by atoms with Gasteiger partial charge in [-0.15, -0.1) is 0 Å². The number of aliphatic hydroxyl groups is 1. The van der Waals surface area contributed by atoms with Gasteiger partial charge in [0.1, 0.15) is 23.4 Å². The molecule has 3 aromatic carbocycles. The molecule has 0 spiro atoms. The zero-order chi connectivity index (χ0) is 19.8. The monoisotopic (exact) mass is 376 g/mol. The second-order valence-electron chi connectivity index (χ2n) is 7.39. The largest absolute Gasteiger partial charge is 0.460 e. The summed E-state index contributed by atoms with van der Waals surface area (Å²) in [6.07, 6.45) is 0.256. The maximum absolute atomic E-state index is 13.4. The van der Waals surface area contributed by atoms with Crippen molar-refractivity contribution < 1.29 is 19.0 Å². The summed E-state index contributed by atoms with van der Waals surface area (Å²) < 4.78 is 19.1. The minimum Gasteiger partial charge on any atom is -0.460 e. The standard InChI is InChI=1S/C24H21FO3/c1-23(22(26)28-16-17-7-3-2-4-8-17)21-10-6-5-9-18(21)15-24(23,27)19-11-13-20(25)14-12-19/h2-14,27H,15-16H2,1H3/t23-,24+/m0/s1. The predicted octanol–water partition coefficient (Wildman–Crippen LogP) is 4.27. The van der Waals surface area contributed by atoms with Crippen molar-refractivity contribution in [2.45, 2.75) is 31.0 Å². The second kappa shape index (κ2) is 6.88. The van der Waals surface area contributed by atoms with Gasteiger partial charge in [-0.3, -0.25) is 4.79 Å². The van der Waals surface area contributed by atoms with Crippen LogP contribution in [0.4, 0.5) is 4.39 Å². The zero-order valence-electron chi connectivity index (χ0n) is 15.6.